The molecule has 0 aliphatic carbocycles. The first-order valence-electron chi connectivity index (χ1n) is 8.71. The van der Waals surface area contributed by atoms with E-state index in [4.69, 9.17) is 4.52 Å². The van der Waals surface area contributed by atoms with Crippen LogP contribution in [0.4, 0.5) is 0 Å². The van der Waals surface area contributed by atoms with Crippen molar-refractivity contribution in [1.29, 1.82) is 0 Å². The number of aryl methyl sites for hydroxylation is 2. The van der Waals surface area contributed by atoms with Crippen molar-refractivity contribution in [2.75, 3.05) is 6.54 Å². The maximum atomic E-state index is 12.5. The van der Waals surface area contributed by atoms with E-state index < -0.39 is 0 Å². The van der Waals surface area contributed by atoms with Crippen molar-refractivity contribution in [3.8, 4) is 11.3 Å². The second-order valence-corrected chi connectivity index (χ2v) is 7.68. The Morgan fingerprint density at radius 1 is 1.23 bits per heavy atom. The Hall–Kier alpha value is -2.47. The molecule has 1 amide bonds. The minimum Gasteiger partial charge on any atom is -0.360 e. The third-order valence-corrected chi connectivity index (χ3v) is 4.98. The van der Waals surface area contributed by atoms with Crippen LogP contribution in [0.5, 0.6) is 0 Å². The number of hydrogen-bond acceptors (Lipinski definition) is 5. The highest BCUT2D eigenvalue weighted by Gasteiger charge is 2.22. The summed E-state index contributed by atoms with van der Waals surface area (Å²) in [6, 6.07) is 8.32. The van der Waals surface area contributed by atoms with Gasteiger partial charge in [0, 0.05) is 23.4 Å². The van der Waals surface area contributed by atoms with Crippen LogP contribution in [0.3, 0.4) is 0 Å². The topological polar surface area (TPSA) is 68.0 Å². The van der Waals surface area contributed by atoms with Crippen molar-refractivity contribution in [3.05, 3.63) is 57.2 Å². The van der Waals surface area contributed by atoms with Gasteiger partial charge in [-0.2, -0.15) is 0 Å². The van der Waals surface area contributed by atoms with Gasteiger partial charge in [0.25, 0.3) is 5.91 Å². The molecule has 2 aromatic heterocycles. The van der Waals surface area contributed by atoms with Gasteiger partial charge in [0.15, 0.2) is 5.76 Å². The van der Waals surface area contributed by atoms with E-state index in [1.54, 1.807) is 18.3 Å². The molecule has 0 saturated heterocycles. The largest absolute Gasteiger partial charge is 0.360 e. The van der Waals surface area contributed by atoms with Gasteiger partial charge in [-0.05, 0) is 25.8 Å². The van der Waals surface area contributed by atoms with E-state index in [0.717, 1.165) is 22.7 Å². The third kappa shape index (κ3) is 4.02. The van der Waals surface area contributed by atoms with Gasteiger partial charge in [0.05, 0.1) is 16.4 Å². The average molecular weight is 369 g/mol. The zero-order chi connectivity index (χ0) is 18.7. The van der Waals surface area contributed by atoms with Crippen LogP contribution in [-0.2, 0) is 6.42 Å². The predicted molar refractivity (Wildman–Crippen MR) is 104 cm³/mol. The molecule has 3 aromatic rings. The van der Waals surface area contributed by atoms with Crippen LogP contribution in [-0.4, -0.2) is 22.6 Å². The van der Waals surface area contributed by atoms with Crippen molar-refractivity contribution in [3.63, 3.8) is 0 Å². The Balaban J connectivity index is 1.58. The Morgan fingerprint density at radius 2 is 1.96 bits per heavy atom. The molecule has 0 saturated carbocycles. The first-order chi connectivity index (χ1) is 12.5. The minimum atomic E-state index is -0.123. The zero-order valence-corrected chi connectivity index (χ0v) is 16.3. The molecule has 0 bridgehead atoms. The van der Waals surface area contributed by atoms with E-state index in [0.29, 0.717) is 23.6 Å². The number of carbonyl (C=O) groups is 1. The van der Waals surface area contributed by atoms with Crippen LogP contribution in [0.2, 0.25) is 0 Å². The van der Waals surface area contributed by atoms with Gasteiger partial charge in [-0.1, -0.05) is 43.3 Å². The molecule has 6 heteroatoms. The van der Waals surface area contributed by atoms with Crippen LogP contribution < -0.4 is 5.32 Å². The molecular weight excluding hydrogens is 346 g/mol. The van der Waals surface area contributed by atoms with Crippen molar-refractivity contribution < 1.29 is 9.32 Å². The average Bonchev–Trinajstić information content (AvgIpc) is 3.21. The lowest BCUT2D eigenvalue weighted by Crippen LogP contribution is -2.27. The predicted octanol–water partition coefficient (Wildman–Crippen LogP) is 4.51. The van der Waals surface area contributed by atoms with Crippen LogP contribution in [0, 0.1) is 13.8 Å². The second kappa shape index (κ2) is 7.83. The quantitative estimate of drug-likeness (QED) is 0.694. The van der Waals surface area contributed by atoms with Gasteiger partial charge in [0.2, 0.25) is 0 Å². The lowest BCUT2D eigenvalue weighted by atomic mass is 10.0. The summed E-state index contributed by atoms with van der Waals surface area (Å²) in [7, 11) is 0. The van der Waals surface area contributed by atoms with E-state index in [1.165, 1.54) is 5.56 Å². The molecule has 26 heavy (non-hydrogen) atoms. The summed E-state index contributed by atoms with van der Waals surface area (Å²) in [5.74, 6) is 0.642. The van der Waals surface area contributed by atoms with E-state index in [1.807, 2.05) is 20.8 Å². The van der Waals surface area contributed by atoms with Crippen molar-refractivity contribution >= 4 is 17.2 Å². The number of rotatable bonds is 6. The molecule has 0 fully saturated rings. The Morgan fingerprint density at radius 3 is 2.58 bits per heavy atom. The highest BCUT2D eigenvalue weighted by molar-refractivity contribution is 7.09. The monoisotopic (exact) mass is 369 g/mol. The molecule has 5 nitrogen and oxygen atoms in total. The van der Waals surface area contributed by atoms with Crippen LogP contribution >= 0.6 is 11.3 Å². The van der Waals surface area contributed by atoms with E-state index in [9.17, 15) is 4.79 Å². The SMILES string of the molecule is Cc1nc(-c2ccc(CCNC(=O)c3c(C)noc3C(C)C)cc2)cs1. The molecule has 1 aromatic carbocycles. The maximum absolute atomic E-state index is 12.5. The molecule has 2 heterocycles. The fourth-order valence-corrected chi connectivity index (χ4v) is 3.43. The van der Waals surface area contributed by atoms with E-state index in [-0.39, 0.29) is 11.8 Å². The lowest BCUT2D eigenvalue weighted by Gasteiger charge is -2.07. The molecule has 0 aliphatic rings. The molecule has 0 radical (unpaired) electrons. The summed E-state index contributed by atoms with van der Waals surface area (Å²) in [4.78, 5) is 17.0. The molecule has 1 N–H and O–H groups in total. The highest BCUT2D eigenvalue weighted by Crippen LogP contribution is 2.23. The fourth-order valence-electron chi connectivity index (χ4n) is 2.80. The number of amides is 1. The Bertz CT molecular complexity index is 894. The number of hydrogen-bond donors (Lipinski definition) is 1. The van der Waals surface area contributed by atoms with E-state index in [2.05, 4.69) is 45.1 Å². The molecule has 0 spiro atoms. The number of aromatic nitrogens is 2. The first kappa shape index (κ1) is 18.3. The molecular formula is C20H23N3O2S. The lowest BCUT2D eigenvalue weighted by molar-refractivity contribution is 0.0951. The zero-order valence-electron chi connectivity index (χ0n) is 15.5. The first-order valence-corrected chi connectivity index (χ1v) is 9.59. The Kier molecular flexibility index (Phi) is 5.52. The summed E-state index contributed by atoms with van der Waals surface area (Å²) in [5, 5.41) is 10.0. The third-order valence-electron chi connectivity index (χ3n) is 4.21. The van der Waals surface area contributed by atoms with Crippen molar-refractivity contribution in [2.24, 2.45) is 0 Å². The number of nitrogens with one attached hydrogen (secondary N) is 1. The Labute approximate surface area is 157 Å². The van der Waals surface area contributed by atoms with E-state index >= 15 is 0 Å². The van der Waals surface area contributed by atoms with Crippen LogP contribution in [0.15, 0.2) is 34.2 Å². The maximum Gasteiger partial charge on any atom is 0.256 e. The standard InChI is InChI=1S/C20H23N3O2S/c1-12(2)19-18(13(3)23-25-19)20(24)21-10-9-15-5-7-16(8-6-15)17-11-26-14(4)22-17/h5-8,11-12H,9-10H2,1-4H3,(H,21,24). The molecule has 3 rings (SSSR count). The van der Waals surface area contributed by atoms with Gasteiger partial charge in [0.1, 0.15) is 5.56 Å². The van der Waals surface area contributed by atoms with Gasteiger partial charge in [-0.25, -0.2) is 4.98 Å². The smallest absolute Gasteiger partial charge is 0.256 e. The van der Waals surface area contributed by atoms with Gasteiger partial charge in [-0.15, -0.1) is 11.3 Å². The summed E-state index contributed by atoms with van der Waals surface area (Å²) >= 11 is 1.65. The summed E-state index contributed by atoms with van der Waals surface area (Å²) < 4.78 is 5.28. The number of nitrogens with zero attached hydrogens (tertiary/aromatic N) is 2. The van der Waals surface area contributed by atoms with Gasteiger partial charge in [-0.3, -0.25) is 4.79 Å². The summed E-state index contributed by atoms with van der Waals surface area (Å²) in [6.45, 7) is 8.34. The van der Waals surface area contributed by atoms with Crippen molar-refractivity contribution in [1.82, 2.24) is 15.5 Å². The molecule has 136 valence electrons. The van der Waals surface area contributed by atoms with Crippen LogP contribution in [0.25, 0.3) is 11.3 Å². The summed E-state index contributed by atoms with van der Waals surface area (Å²) in [6.07, 6.45) is 0.767. The van der Waals surface area contributed by atoms with Gasteiger partial charge >= 0.3 is 0 Å². The second-order valence-electron chi connectivity index (χ2n) is 6.62. The molecule has 0 aliphatic heterocycles. The fraction of sp³-hybridized carbons (Fsp3) is 0.350. The number of carbonyl (C=O) groups excluding carboxylic acids is 1. The number of benzene rings is 1. The van der Waals surface area contributed by atoms with Crippen molar-refractivity contribution in [2.45, 2.75) is 40.0 Å². The normalized spacial score (nSPS) is 11.1. The summed E-state index contributed by atoms with van der Waals surface area (Å²) in [5.41, 5.74) is 4.50. The molecule has 0 unspecified atom stereocenters. The molecule has 0 atom stereocenters. The minimum absolute atomic E-state index is 0.123. The number of thiazole rings is 1. The highest BCUT2D eigenvalue weighted by atomic mass is 32.1. The van der Waals surface area contributed by atoms with Gasteiger partial charge < -0.3 is 9.84 Å². The van der Waals surface area contributed by atoms with Crippen LogP contribution in [0.1, 0.15) is 52.1 Å².